The molecule has 0 aromatic heterocycles. The first kappa shape index (κ1) is 41.2. The maximum atomic E-state index is 13.4. The molecule has 12 nitrogen and oxygen atoms in total. The van der Waals surface area contributed by atoms with E-state index in [1.165, 1.54) is 35.0 Å². The SMILES string of the molecule is COC(=O)CNC(=O)C(CSC1CC(=O)N(CCCCC[P+](c2ccccc2)(c2ccccc2)c2ccccc2)C1=O)NC(=O)CCC(N)C(=O)OC. The van der Waals surface area contributed by atoms with Gasteiger partial charge in [0.1, 0.15) is 41.8 Å². The van der Waals surface area contributed by atoms with Gasteiger partial charge in [0.05, 0.1) is 25.6 Å². The van der Waals surface area contributed by atoms with E-state index < -0.39 is 54.9 Å². The number of imide groups is 1. The first-order valence-corrected chi connectivity index (χ1v) is 20.6. The van der Waals surface area contributed by atoms with Crippen LogP contribution in [0.4, 0.5) is 0 Å². The smallest absolute Gasteiger partial charge is 0.325 e. The fourth-order valence-electron chi connectivity index (χ4n) is 6.27. The number of nitrogens with one attached hydrogen (secondary N) is 2. The molecule has 0 radical (unpaired) electrons. The van der Waals surface area contributed by atoms with E-state index in [0.29, 0.717) is 13.0 Å². The molecule has 3 unspecified atom stereocenters. The molecular formula is C39H48N4O8PS+. The second-order valence-corrected chi connectivity index (χ2v) is 17.4. The molecule has 53 heavy (non-hydrogen) atoms. The lowest BCUT2D eigenvalue weighted by Gasteiger charge is -2.27. The summed E-state index contributed by atoms with van der Waals surface area (Å²) in [6.45, 7) is -0.123. The summed E-state index contributed by atoms with van der Waals surface area (Å²) < 4.78 is 9.16. The van der Waals surface area contributed by atoms with Gasteiger partial charge in [0, 0.05) is 25.1 Å². The quantitative estimate of drug-likeness (QED) is 0.0670. The maximum absolute atomic E-state index is 13.4. The minimum Gasteiger partial charge on any atom is -0.468 e. The van der Waals surface area contributed by atoms with Gasteiger partial charge in [0.15, 0.2) is 0 Å². The van der Waals surface area contributed by atoms with Crippen molar-refractivity contribution in [3.8, 4) is 0 Å². The molecule has 3 aromatic carbocycles. The Bertz CT molecular complexity index is 1600. The number of esters is 2. The molecular weight excluding hydrogens is 715 g/mol. The summed E-state index contributed by atoms with van der Waals surface area (Å²) in [5.74, 6) is -3.22. The Hall–Kier alpha value is -4.58. The first-order chi connectivity index (χ1) is 25.6. The Balaban J connectivity index is 1.35. The van der Waals surface area contributed by atoms with E-state index in [1.54, 1.807) is 0 Å². The summed E-state index contributed by atoms with van der Waals surface area (Å²) in [5, 5.41) is 8.20. The van der Waals surface area contributed by atoms with E-state index in [4.69, 9.17) is 5.73 Å². The molecule has 14 heteroatoms. The molecule has 1 saturated heterocycles. The second-order valence-electron chi connectivity index (χ2n) is 12.6. The highest BCUT2D eigenvalue weighted by molar-refractivity contribution is 8.00. The third-order valence-electron chi connectivity index (χ3n) is 9.11. The van der Waals surface area contributed by atoms with Gasteiger partial charge in [-0.25, -0.2) is 0 Å². The maximum Gasteiger partial charge on any atom is 0.325 e. The summed E-state index contributed by atoms with van der Waals surface area (Å²) >= 11 is 1.09. The molecule has 282 valence electrons. The Labute approximate surface area is 315 Å². The fraction of sp³-hybridized carbons (Fsp3) is 0.385. The van der Waals surface area contributed by atoms with Gasteiger partial charge in [-0.1, -0.05) is 54.6 Å². The van der Waals surface area contributed by atoms with Crippen LogP contribution in [-0.4, -0.2) is 97.0 Å². The number of methoxy groups -OCH3 is 2. The summed E-state index contributed by atoms with van der Waals surface area (Å²) in [5.41, 5.74) is 5.73. The van der Waals surface area contributed by atoms with Crippen molar-refractivity contribution in [3.05, 3.63) is 91.0 Å². The van der Waals surface area contributed by atoms with Crippen LogP contribution in [0.5, 0.6) is 0 Å². The molecule has 0 bridgehead atoms. The van der Waals surface area contributed by atoms with Crippen LogP contribution in [0.15, 0.2) is 91.0 Å². The average Bonchev–Trinajstić information content (AvgIpc) is 3.47. The van der Waals surface area contributed by atoms with Gasteiger partial charge in [-0.2, -0.15) is 0 Å². The summed E-state index contributed by atoms with van der Waals surface area (Å²) in [6.07, 6.45) is 3.10. The third-order valence-corrected chi connectivity index (χ3v) is 14.9. The molecule has 0 saturated carbocycles. The highest BCUT2D eigenvalue weighted by Gasteiger charge is 2.45. The monoisotopic (exact) mass is 763 g/mol. The van der Waals surface area contributed by atoms with E-state index in [0.717, 1.165) is 30.8 Å². The van der Waals surface area contributed by atoms with Gasteiger partial charge >= 0.3 is 11.9 Å². The normalized spacial score (nSPS) is 15.4. The van der Waals surface area contributed by atoms with Crippen LogP contribution < -0.4 is 32.3 Å². The second kappa shape index (κ2) is 20.6. The van der Waals surface area contributed by atoms with E-state index in [-0.39, 0.29) is 36.8 Å². The van der Waals surface area contributed by atoms with Crippen LogP contribution in [0.25, 0.3) is 0 Å². The molecule has 1 aliphatic rings. The zero-order valence-electron chi connectivity index (χ0n) is 30.1. The van der Waals surface area contributed by atoms with Crippen LogP contribution in [0, 0.1) is 0 Å². The van der Waals surface area contributed by atoms with Crippen molar-refractivity contribution in [3.63, 3.8) is 0 Å². The molecule has 3 aromatic rings. The highest BCUT2D eigenvalue weighted by Crippen LogP contribution is 2.56. The highest BCUT2D eigenvalue weighted by atomic mass is 32.2. The third kappa shape index (κ3) is 11.2. The van der Waals surface area contributed by atoms with Crippen LogP contribution in [0.2, 0.25) is 0 Å². The number of carbonyl (C=O) groups is 6. The van der Waals surface area contributed by atoms with Crippen LogP contribution in [0.1, 0.15) is 38.5 Å². The molecule has 1 aliphatic heterocycles. The molecule has 0 aliphatic carbocycles. The van der Waals surface area contributed by atoms with Gasteiger partial charge in [-0.15, -0.1) is 11.8 Å². The topological polar surface area (TPSA) is 174 Å². The van der Waals surface area contributed by atoms with Crippen molar-refractivity contribution in [2.24, 2.45) is 5.73 Å². The van der Waals surface area contributed by atoms with Gasteiger partial charge in [-0.05, 0) is 62.1 Å². The number of ether oxygens (including phenoxy) is 2. The number of rotatable bonds is 20. The molecule has 0 spiro atoms. The summed E-state index contributed by atoms with van der Waals surface area (Å²) in [7, 11) is 0.382. The number of likely N-dealkylation sites (tertiary alicyclic amines) is 1. The number of hydrogen-bond donors (Lipinski definition) is 3. The van der Waals surface area contributed by atoms with Crippen LogP contribution in [0.3, 0.4) is 0 Å². The van der Waals surface area contributed by atoms with E-state index in [1.807, 2.05) is 18.2 Å². The lowest BCUT2D eigenvalue weighted by molar-refractivity contribution is -0.142. The molecule has 4 rings (SSSR count). The summed E-state index contributed by atoms with van der Waals surface area (Å²) in [4.78, 5) is 76.6. The van der Waals surface area contributed by atoms with Gasteiger partial charge in [0.2, 0.25) is 23.6 Å². The lowest BCUT2D eigenvalue weighted by Crippen LogP contribution is -2.50. The Morgan fingerprint density at radius 3 is 1.94 bits per heavy atom. The number of nitrogens with zero attached hydrogens (tertiary/aromatic N) is 1. The molecule has 3 atom stereocenters. The summed E-state index contributed by atoms with van der Waals surface area (Å²) in [6, 6.07) is 29.8. The first-order valence-electron chi connectivity index (χ1n) is 17.6. The zero-order valence-corrected chi connectivity index (χ0v) is 31.8. The van der Waals surface area contributed by atoms with E-state index in [2.05, 4.69) is 92.9 Å². The van der Waals surface area contributed by atoms with Crippen molar-refractivity contribution < 1.29 is 38.2 Å². The Morgan fingerprint density at radius 1 is 0.849 bits per heavy atom. The Morgan fingerprint density at radius 2 is 1.42 bits per heavy atom. The predicted molar refractivity (Wildman–Crippen MR) is 208 cm³/mol. The largest absolute Gasteiger partial charge is 0.468 e. The number of hydrogen-bond acceptors (Lipinski definition) is 10. The number of benzene rings is 3. The van der Waals surface area contributed by atoms with Crippen LogP contribution >= 0.6 is 19.0 Å². The van der Waals surface area contributed by atoms with Gasteiger partial charge < -0.3 is 25.8 Å². The minimum absolute atomic E-state index is 0.0137. The number of nitrogens with two attached hydrogens (primary N) is 1. The molecule has 4 amide bonds. The van der Waals surface area contributed by atoms with Crippen molar-refractivity contribution in [1.82, 2.24) is 15.5 Å². The van der Waals surface area contributed by atoms with Crippen LogP contribution in [-0.2, 0) is 38.2 Å². The average molecular weight is 764 g/mol. The standard InChI is InChI=1S/C39H47N4O8PS/c1-50-36(46)26-41-37(47)32(42-34(44)22-21-31(40)39(49)51-2)27-53-33-25-35(45)43(38(33)48)23-13-6-14-24-52(28-15-7-3-8-16-28,29-17-9-4-10-18-29)30-19-11-5-12-20-30/h3-5,7-12,15-20,31-33H,6,13-14,21-27,40H2,1-2H3,(H-,41,42,44,47)/p+1. The number of unbranched alkanes of at least 4 members (excludes halogenated alkanes) is 2. The van der Waals surface area contributed by atoms with E-state index in [9.17, 15) is 28.8 Å². The van der Waals surface area contributed by atoms with Gasteiger partial charge in [0.25, 0.3) is 0 Å². The van der Waals surface area contributed by atoms with Crippen molar-refractivity contribution in [2.45, 2.75) is 55.9 Å². The number of thioether (sulfide) groups is 1. The van der Waals surface area contributed by atoms with Crippen molar-refractivity contribution in [2.75, 3.05) is 39.2 Å². The molecule has 4 N–H and O–H groups in total. The van der Waals surface area contributed by atoms with E-state index >= 15 is 0 Å². The minimum atomic E-state index is -1.98. The Kier molecular flexibility index (Phi) is 16.0. The predicted octanol–water partition coefficient (Wildman–Crippen LogP) is 2.07. The van der Waals surface area contributed by atoms with Crippen molar-refractivity contribution >= 4 is 70.5 Å². The number of amides is 4. The molecule has 1 fully saturated rings. The van der Waals surface area contributed by atoms with Crippen molar-refractivity contribution in [1.29, 1.82) is 0 Å². The lowest BCUT2D eigenvalue weighted by atomic mass is 10.1. The molecule has 1 heterocycles. The fourth-order valence-corrected chi connectivity index (χ4v) is 11.9. The number of carbonyl (C=O) groups excluding carboxylic acids is 6. The zero-order chi connectivity index (χ0) is 38.2. The van der Waals surface area contributed by atoms with Gasteiger partial charge in [-0.3, -0.25) is 33.7 Å².